The molecule has 0 aliphatic carbocycles. The molecule has 0 spiro atoms. The van der Waals surface area contributed by atoms with Gasteiger partial charge in [-0.2, -0.15) is 0 Å². The van der Waals surface area contributed by atoms with Gasteiger partial charge in [0, 0.05) is 37.0 Å². The van der Waals surface area contributed by atoms with E-state index in [2.05, 4.69) is 5.32 Å². The maximum Gasteiger partial charge on any atom is 0.252 e. The molecule has 0 aliphatic heterocycles. The van der Waals surface area contributed by atoms with Gasteiger partial charge < -0.3 is 14.6 Å². The molecular weight excluding hydrogens is 328 g/mol. The molecular formula is C18H21ClN2O3. The number of hydrogen-bond donors (Lipinski definition) is 1. The molecule has 1 N–H and O–H groups in total. The second-order valence-electron chi connectivity index (χ2n) is 5.61. The summed E-state index contributed by atoms with van der Waals surface area (Å²) in [6, 6.07) is 10.4. The Kier molecular flexibility index (Phi) is 6.58. The molecule has 1 unspecified atom stereocenters. The number of rotatable bonds is 7. The molecule has 1 aromatic carbocycles. The fourth-order valence-corrected chi connectivity index (χ4v) is 2.59. The van der Waals surface area contributed by atoms with Crippen molar-refractivity contribution in [1.29, 1.82) is 0 Å². The van der Waals surface area contributed by atoms with Crippen LogP contribution in [-0.2, 0) is 17.7 Å². The molecule has 1 atom stereocenters. The Labute approximate surface area is 146 Å². The van der Waals surface area contributed by atoms with Gasteiger partial charge in [0.2, 0.25) is 0 Å². The zero-order chi connectivity index (χ0) is 17.5. The smallest absolute Gasteiger partial charge is 0.252 e. The van der Waals surface area contributed by atoms with E-state index in [1.54, 1.807) is 13.3 Å². The third-order valence-electron chi connectivity index (χ3n) is 3.64. The van der Waals surface area contributed by atoms with Crippen LogP contribution in [0.3, 0.4) is 0 Å². The number of pyridine rings is 1. The summed E-state index contributed by atoms with van der Waals surface area (Å²) in [7, 11) is 1.57. The summed E-state index contributed by atoms with van der Waals surface area (Å²) < 4.78 is 6.44. The maximum atomic E-state index is 12.4. The van der Waals surface area contributed by atoms with Gasteiger partial charge in [0.25, 0.3) is 11.5 Å². The Hall–Kier alpha value is -2.11. The standard InChI is InChI=1S/C18H21ClN2O3/c1-13(11-14-5-3-4-6-16(14)19)20-18(23)15-7-8-17(22)21(12-15)9-10-24-2/h3-8,12-13H,9-11H2,1-2H3,(H,20,23). The Bertz CT molecular complexity index is 758. The molecule has 0 saturated heterocycles. The lowest BCUT2D eigenvalue weighted by molar-refractivity contribution is 0.0939. The Balaban J connectivity index is 2.03. The van der Waals surface area contributed by atoms with Crippen molar-refractivity contribution >= 4 is 17.5 Å². The molecule has 1 amide bonds. The number of amides is 1. The molecule has 1 aromatic heterocycles. The van der Waals surface area contributed by atoms with Crippen LogP contribution < -0.4 is 10.9 Å². The minimum Gasteiger partial charge on any atom is -0.383 e. The predicted molar refractivity (Wildman–Crippen MR) is 94.7 cm³/mol. The van der Waals surface area contributed by atoms with E-state index in [1.807, 2.05) is 31.2 Å². The van der Waals surface area contributed by atoms with Crippen molar-refractivity contribution in [2.45, 2.75) is 25.9 Å². The first-order valence-electron chi connectivity index (χ1n) is 7.75. The molecule has 5 nitrogen and oxygen atoms in total. The molecule has 0 fully saturated rings. The van der Waals surface area contributed by atoms with Crippen LogP contribution in [0.5, 0.6) is 0 Å². The number of carbonyl (C=O) groups excluding carboxylic acids is 1. The minimum absolute atomic E-state index is 0.0863. The summed E-state index contributed by atoms with van der Waals surface area (Å²) in [6.07, 6.45) is 2.19. The van der Waals surface area contributed by atoms with Crippen LogP contribution in [-0.4, -0.2) is 30.2 Å². The van der Waals surface area contributed by atoms with E-state index in [0.29, 0.717) is 30.2 Å². The van der Waals surface area contributed by atoms with Gasteiger partial charge in [-0.25, -0.2) is 0 Å². The van der Waals surface area contributed by atoms with E-state index in [-0.39, 0.29) is 17.5 Å². The molecule has 0 saturated carbocycles. The summed E-state index contributed by atoms with van der Waals surface area (Å²) in [6.45, 7) is 2.74. The van der Waals surface area contributed by atoms with Gasteiger partial charge in [-0.3, -0.25) is 9.59 Å². The van der Waals surface area contributed by atoms with E-state index in [9.17, 15) is 9.59 Å². The molecule has 6 heteroatoms. The topological polar surface area (TPSA) is 60.3 Å². The number of aromatic nitrogens is 1. The van der Waals surface area contributed by atoms with Crippen molar-refractivity contribution in [3.8, 4) is 0 Å². The lowest BCUT2D eigenvalue weighted by Crippen LogP contribution is -2.35. The van der Waals surface area contributed by atoms with Crippen molar-refractivity contribution in [2.75, 3.05) is 13.7 Å². The quantitative estimate of drug-likeness (QED) is 0.836. The third kappa shape index (κ3) is 4.94. The zero-order valence-corrected chi connectivity index (χ0v) is 14.5. The first-order chi connectivity index (χ1) is 11.5. The molecule has 0 bridgehead atoms. The van der Waals surface area contributed by atoms with Crippen molar-refractivity contribution in [2.24, 2.45) is 0 Å². The van der Waals surface area contributed by atoms with Crippen molar-refractivity contribution in [1.82, 2.24) is 9.88 Å². The highest BCUT2D eigenvalue weighted by Gasteiger charge is 2.12. The average molecular weight is 349 g/mol. The second kappa shape index (κ2) is 8.66. The lowest BCUT2D eigenvalue weighted by atomic mass is 10.1. The van der Waals surface area contributed by atoms with Crippen LogP contribution in [0.15, 0.2) is 47.4 Å². The molecule has 1 heterocycles. The number of nitrogens with one attached hydrogen (secondary N) is 1. The normalized spacial score (nSPS) is 12.0. The van der Waals surface area contributed by atoms with Gasteiger partial charge in [0.1, 0.15) is 0 Å². The number of halogens is 1. The van der Waals surface area contributed by atoms with Gasteiger partial charge in [0.15, 0.2) is 0 Å². The number of carbonyl (C=O) groups is 1. The van der Waals surface area contributed by atoms with E-state index < -0.39 is 0 Å². The van der Waals surface area contributed by atoms with E-state index in [1.165, 1.54) is 16.7 Å². The Morgan fingerprint density at radius 3 is 2.75 bits per heavy atom. The summed E-state index contributed by atoms with van der Waals surface area (Å²) >= 11 is 6.15. The summed E-state index contributed by atoms with van der Waals surface area (Å²) in [5.74, 6) is -0.222. The fourth-order valence-electron chi connectivity index (χ4n) is 2.38. The van der Waals surface area contributed by atoms with Crippen LogP contribution in [0.4, 0.5) is 0 Å². The van der Waals surface area contributed by atoms with Crippen LogP contribution in [0.2, 0.25) is 5.02 Å². The zero-order valence-electron chi connectivity index (χ0n) is 13.8. The van der Waals surface area contributed by atoms with E-state index in [0.717, 1.165) is 5.56 Å². The average Bonchev–Trinajstić information content (AvgIpc) is 2.56. The highest BCUT2D eigenvalue weighted by atomic mass is 35.5. The van der Waals surface area contributed by atoms with Crippen LogP contribution in [0.25, 0.3) is 0 Å². The lowest BCUT2D eigenvalue weighted by Gasteiger charge is -2.15. The molecule has 2 rings (SSSR count). The second-order valence-corrected chi connectivity index (χ2v) is 6.02. The highest BCUT2D eigenvalue weighted by molar-refractivity contribution is 6.31. The van der Waals surface area contributed by atoms with E-state index >= 15 is 0 Å². The SMILES string of the molecule is COCCn1cc(C(=O)NC(C)Cc2ccccc2Cl)ccc1=O. The van der Waals surface area contributed by atoms with Gasteiger partial charge >= 0.3 is 0 Å². The monoisotopic (exact) mass is 348 g/mol. The van der Waals surface area contributed by atoms with Crippen molar-refractivity contribution < 1.29 is 9.53 Å². The highest BCUT2D eigenvalue weighted by Crippen LogP contribution is 2.16. The van der Waals surface area contributed by atoms with Crippen LogP contribution in [0, 0.1) is 0 Å². The van der Waals surface area contributed by atoms with Gasteiger partial charge in [-0.05, 0) is 31.0 Å². The van der Waals surface area contributed by atoms with Gasteiger partial charge in [-0.15, -0.1) is 0 Å². The summed E-state index contributed by atoms with van der Waals surface area (Å²) in [4.78, 5) is 24.1. The van der Waals surface area contributed by atoms with Gasteiger partial charge in [0.05, 0.1) is 12.2 Å². The number of ether oxygens (including phenoxy) is 1. The van der Waals surface area contributed by atoms with Crippen LogP contribution >= 0.6 is 11.6 Å². The summed E-state index contributed by atoms with van der Waals surface area (Å²) in [5, 5.41) is 3.62. The van der Waals surface area contributed by atoms with E-state index in [4.69, 9.17) is 16.3 Å². The molecule has 24 heavy (non-hydrogen) atoms. The van der Waals surface area contributed by atoms with Crippen molar-refractivity contribution in [3.05, 3.63) is 69.1 Å². The third-order valence-corrected chi connectivity index (χ3v) is 4.01. The summed E-state index contributed by atoms with van der Waals surface area (Å²) in [5.41, 5.74) is 1.27. The maximum absolute atomic E-state index is 12.4. The molecule has 0 radical (unpaired) electrons. The van der Waals surface area contributed by atoms with Crippen LogP contribution in [0.1, 0.15) is 22.8 Å². The fraction of sp³-hybridized carbons (Fsp3) is 0.333. The molecule has 0 aliphatic rings. The van der Waals surface area contributed by atoms with Gasteiger partial charge in [-0.1, -0.05) is 29.8 Å². The largest absolute Gasteiger partial charge is 0.383 e. The first kappa shape index (κ1) is 18.2. The Morgan fingerprint density at radius 2 is 2.04 bits per heavy atom. The molecule has 2 aromatic rings. The number of benzene rings is 1. The Morgan fingerprint density at radius 1 is 1.29 bits per heavy atom. The minimum atomic E-state index is -0.222. The number of hydrogen-bond acceptors (Lipinski definition) is 3. The first-order valence-corrected chi connectivity index (χ1v) is 8.12. The predicted octanol–water partition coefficient (Wildman–Crippen LogP) is 2.51. The number of nitrogens with zero attached hydrogens (tertiary/aromatic N) is 1. The van der Waals surface area contributed by atoms with Crippen molar-refractivity contribution in [3.63, 3.8) is 0 Å². The number of methoxy groups -OCH3 is 1. The molecule has 128 valence electrons.